The van der Waals surface area contributed by atoms with Crippen LogP contribution in [0.2, 0.25) is 5.02 Å². The molecule has 3 rings (SSSR count). The molecule has 0 atom stereocenters. The molecule has 3 aromatic rings. The average molecular weight is 383 g/mol. The maximum atomic E-state index is 12.3. The van der Waals surface area contributed by atoms with Gasteiger partial charge < -0.3 is 5.11 Å². The Labute approximate surface area is 162 Å². The predicted molar refractivity (Wildman–Crippen MR) is 105 cm³/mol. The molecule has 7 heteroatoms. The fourth-order valence-corrected chi connectivity index (χ4v) is 2.85. The van der Waals surface area contributed by atoms with Gasteiger partial charge in [-0.2, -0.15) is 10.2 Å². The van der Waals surface area contributed by atoms with Crippen LogP contribution in [0.25, 0.3) is 0 Å². The number of phenols is 1. The maximum Gasteiger partial charge on any atom is 0.271 e. The first-order valence-electron chi connectivity index (χ1n) is 8.34. The number of hydrogen-bond donors (Lipinski definition) is 2. The Hall–Kier alpha value is -3.12. The van der Waals surface area contributed by atoms with Gasteiger partial charge in [0.1, 0.15) is 5.75 Å². The molecule has 0 bridgehead atoms. The highest BCUT2D eigenvalue weighted by atomic mass is 35.5. The minimum Gasteiger partial charge on any atom is -0.507 e. The molecule has 0 saturated heterocycles. The fourth-order valence-electron chi connectivity index (χ4n) is 2.67. The Bertz CT molecular complexity index is 1010. The van der Waals surface area contributed by atoms with Crippen LogP contribution in [0, 0.1) is 13.8 Å². The number of aromatic nitrogens is 2. The van der Waals surface area contributed by atoms with Gasteiger partial charge in [-0.25, -0.2) is 5.43 Å². The van der Waals surface area contributed by atoms with Gasteiger partial charge in [0.15, 0.2) is 0 Å². The van der Waals surface area contributed by atoms with Gasteiger partial charge in [-0.05, 0) is 55.8 Å². The number of benzene rings is 2. The third-order valence-electron chi connectivity index (χ3n) is 3.98. The van der Waals surface area contributed by atoms with Crippen molar-refractivity contribution in [1.29, 1.82) is 0 Å². The Morgan fingerprint density at radius 1 is 1.26 bits per heavy atom. The minimum absolute atomic E-state index is 0.0317. The van der Waals surface area contributed by atoms with Crippen molar-refractivity contribution < 1.29 is 9.90 Å². The van der Waals surface area contributed by atoms with E-state index >= 15 is 0 Å². The molecule has 0 unspecified atom stereocenters. The second-order valence-corrected chi connectivity index (χ2v) is 6.62. The molecule has 0 aliphatic rings. The van der Waals surface area contributed by atoms with Crippen molar-refractivity contribution in [2.75, 3.05) is 0 Å². The van der Waals surface area contributed by atoms with Crippen molar-refractivity contribution in [3.8, 4) is 5.75 Å². The molecule has 0 spiro atoms. The zero-order chi connectivity index (χ0) is 19.4. The van der Waals surface area contributed by atoms with Gasteiger partial charge >= 0.3 is 0 Å². The van der Waals surface area contributed by atoms with Gasteiger partial charge in [-0.3, -0.25) is 9.48 Å². The van der Waals surface area contributed by atoms with Crippen LogP contribution >= 0.6 is 11.6 Å². The highest BCUT2D eigenvalue weighted by Gasteiger charge is 2.07. The number of hydrogen-bond acceptors (Lipinski definition) is 4. The summed E-state index contributed by atoms with van der Waals surface area (Å²) in [5.41, 5.74) is 6.34. The number of aryl methyl sites for hydroxylation is 2. The van der Waals surface area contributed by atoms with E-state index < -0.39 is 0 Å². The molecule has 2 N–H and O–H groups in total. The van der Waals surface area contributed by atoms with E-state index in [1.165, 1.54) is 12.3 Å². The number of aromatic hydroxyl groups is 1. The molecule has 1 heterocycles. The highest BCUT2D eigenvalue weighted by molar-refractivity contribution is 6.30. The van der Waals surface area contributed by atoms with E-state index in [4.69, 9.17) is 11.6 Å². The monoisotopic (exact) mass is 382 g/mol. The van der Waals surface area contributed by atoms with Crippen LogP contribution in [0.1, 0.15) is 32.9 Å². The standard InChI is InChI=1S/C20H19ClN4O2/c1-13-8-14(2)25(24-13)12-15-4-3-5-16(9-15)20(27)23-22-11-17-10-18(21)6-7-19(17)26/h3-11,26H,12H2,1-2H3,(H,23,27)/b22-11+. The zero-order valence-corrected chi connectivity index (χ0v) is 15.7. The quantitative estimate of drug-likeness (QED) is 0.522. The number of rotatable bonds is 5. The van der Waals surface area contributed by atoms with E-state index in [9.17, 15) is 9.90 Å². The molecular weight excluding hydrogens is 364 g/mol. The lowest BCUT2D eigenvalue weighted by molar-refractivity contribution is 0.0955. The molecule has 2 aromatic carbocycles. The summed E-state index contributed by atoms with van der Waals surface area (Å²) in [7, 11) is 0. The summed E-state index contributed by atoms with van der Waals surface area (Å²) in [5.74, 6) is -0.313. The van der Waals surface area contributed by atoms with Gasteiger partial charge in [0.05, 0.1) is 18.5 Å². The lowest BCUT2D eigenvalue weighted by Crippen LogP contribution is -2.18. The first-order valence-corrected chi connectivity index (χ1v) is 8.72. The normalized spacial score (nSPS) is 11.1. The van der Waals surface area contributed by atoms with E-state index in [2.05, 4.69) is 15.6 Å². The van der Waals surface area contributed by atoms with Crippen molar-refractivity contribution in [2.45, 2.75) is 20.4 Å². The topological polar surface area (TPSA) is 79.5 Å². The van der Waals surface area contributed by atoms with Crippen molar-refractivity contribution in [3.63, 3.8) is 0 Å². The third-order valence-corrected chi connectivity index (χ3v) is 4.22. The SMILES string of the molecule is Cc1cc(C)n(Cc2cccc(C(=O)N/N=C/c3cc(Cl)ccc3O)c2)n1. The van der Waals surface area contributed by atoms with Gasteiger partial charge in [-0.15, -0.1) is 0 Å². The molecule has 0 aliphatic heterocycles. The zero-order valence-electron chi connectivity index (χ0n) is 15.0. The van der Waals surface area contributed by atoms with Crippen LogP contribution in [0.5, 0.6) is 5.75 Å². The van der Waals surface area contributed by atoms with E-state index in [0.29, 0.717) is 22.7 Å². The van der Waals surface area contributed by atoms with Crippen LogP contribution < -0.4 is 5.43 Å². The van der Waals surface area contributed by atoms with E-state index in [1.807, 2.05) is 36.7 Å². The first kappa shape index (κ1) is 18.7. The fraction of sp³-hybridized carbons (Fsp3) is 0.150. The van der Waals surface area contributed by atoms with Crippen LogP contribution in [0.4, 0.5) is 0 Å². The summed E-state index contributed by atoms with van der Waals surface area (Å²) in [6.07, 6.45) is 1.35. The minimum atomic E-state index is -0.344. The third kappa shape index (κ3) is 4.74. The number of hydrazone groups is 1. The summed E-state index contributed by atoms with van der Waals surface area (Å²) in [6.45, 7) is 4.53. The Morgan fingerprint density at radius 3 is 2.81 bits per heavy atom. The van der Waals surface area contributed by atoms with Gasteiger partial charge in [0, 0.05) is 21.8 Å². The van der Waals surface area contributed by atoms with Gasteiger partial charge in [-0.1, -0.05) is 23.7 Å². The van der Waals surface area contributed by atoms with Crippen LogP contribution in [0.3, 0.4) is 0 Å². The summed E-state index contributed by atoms with van der Waals surface area (Å²) in [5, 5.41) is 18.5. The van der Waals surface area contributed by atoms with Crippen molar-refractivity contribution >= 4 is 23.7 Å². The second-order valence-electron chi connectivity index (χ2n) is 6.19. The predicted octanol–water partition coefficient (Wildman–Crippen LogP) is 3.67. The molecule has 0 saturated carbocycles. The number of carbonyl (C=O) groups is 1. The average Bonchev–Trinajstić information content (AvgIpc) is 2.95. The van der Waals surface area contributed by atoms with Gasteiger partial charge in [0.2, 0.25) is 0 Å². The van der Waals surface area contributed by atoms with E-state index in [1.54, 1.807) is 24.3 Å². The summed E-state index contributed by atoms with van der Waals surface area (Å²) in [6, 6.07) is 13.9. The number of phenolic OH excluding ortho intramolecular Hbond substituents is 1. The Morgan fingerprint density at radius 2 is 2.07 bits per heavy atom. The molecule has 6 nitrogen and oxygen atoms in total. The largest absolute Gasteiger partial charge is 0.507 e. The van der Waals surface area contributed by atoms with Crippen molar-refractivity contribution in [3.05, 3.63) is 81.6 Å². The molecule has 138 valence electrons. The molecule has 0 radical (unpaired) electrons. The first-order chi connectivity index (χ1) is 12.9. The van der Waals surface area contributed by atoms with Crippen molar-refractivity contribution in [2.24, 2.45) is 5.10 Å². The molecule has 27 heavy (non-hydrogen) atoms. The number of nitrogens with one attached hydrogen (secondary N) is 1. The Kier molecular flexibility index (Phi) is 5.57. The smallest absolute Gasteiger partial charge is 0.271 e. The van der Waals surface area contributed by atoms with Crippen molar-refractivity contribution in [1.82, 2.24) is 15.2 Å². The lowest BCUT2D eigenvalue weighted by Gasteiger charge is -2.07. The maximum absolute atomic E-state index is 12.3. The molecular formula is C20H19ClN4O2. The summed E-state index contributed by atoms with van der Waals surface area (Å²) >= 11 is 5.88. The number of halogens is 1. The van der Waals surface area contributed by atoms with Gasteiger partial charge in [0.25, 0.3) is 5.91 Å². The Balaban J connectivity index is 1.69. The van der Waals surface area contributed by atoms with Crippen LogP contribution in [-0.4, -0.2) is 27.0 Å². The number of carbonyl (C=O) groups excluding carboxylic acids is 1. The number of nitrogens with zero attached hydrogens (tertiary/aromatic N) is 3. The lowest BCUT2D eigenvalue weighted by atomic mass is 10.1. The molecule has 0 fully saturated rings. The second kappa shape index (κ2) is 8.05. The van der Waals surface area contributed by atoms with E-state index in [0.717, 1.165) is 17.0 Å². The summed E-state index contributed by atoms with van der Waals surface area (Å²) in [4.78, 5) is 12.3. The molecule has 1 amide bonds. The highest BCUT2D eigenvalue weighted by Crippen LogP contribution is 2.19. The number of amides is 1. The van der Waals surface area contributed by atoms with E-state index in [-0.39, 0.29) is 11.7 Å². The molecule has 1 aromatic heterocycles. The molecule has 0 aliphatic carbocycles. The van der Waals surface area contributed by atoms with Crippen LogP contribution in [0.15, 0.2) is 53.6 Å². The van der Waals surface area contributed by atoms with Crippen LogP contribution in [-0.2, 0) is 6.54 Å². The summed E-state index contributed by atoms with van der Waals surface area (Å²) < 4.78 is 1.90.